The van der Waals surface area contributed by atoms with Crippen molar-refractivity contribution in [3.05, 3.63) is 33.9 Å². The quantitative estimate of drug-likeness (QED) is 0.828. The number of nitrogens with zero attached hydrogens (tertiary/aromatic N) is 5. The summed E-state index contributed by atoms with van der Waals surface area (Å²) in [6.07, 6.45) is -1.92. The van der Waals surface area contributed by atoms with Crippen LogP contribution in [0, 0.1) is 0 Å². The van der Waals surface area contributed by atoms with Crippen molar-refractivity contribution in [2.45, 2.75) is 31.5 Å². The minimum absolute atomic E-state index is 0.498. The molecule has 2 aromatic heterocycles. The molecule has 1 saturated heterocycles. The molecular formula is C16H18F3N5S. The van der Waals surface area contributed by atoms with Gasteiger partial charge in [0.25, 0.3) is 0 Å². The van der Waals surface area contributed by atoms with E-state index < -0.39 is 11.9 Å². The zero-order valence-electron chi connectivity index (χ0n) is 13.5. The number of piperazine rings is 1. The fraction of sp³-hybridized carbons (Fsp3) is 0.562. The molecule has 0 amide bonds. The third-order valence-corrected chi connectivity index (χ3v) is 5.57. The maximum absolute atomic E-state index is 12.5. The summed E-state index contributed by atoms with van der Waals surface area (Å²) >= 11 is 1.75. The summed E-state index contributed by atoms with van der Waals surface area (Å²) in [6.45, 7) is 3.94. The summed E-state index contributed by atoms with van der Waals surface area (Å²) in [6, 6.07) is 2.39. The van der Waals surface area contributed by atoms with Gasteiger partial charge in [0.1, 0.15) is 0 Å². The number of hydrogen-bond donors (Lipinski definition) is 0. The van der Waals surface area contributed by atoms with Gasteiger partial charge < -0.3 is 4.90 Å². The molecule has 1 aliphatic heterocycles. The third-order valence-electron chi connectivity index (χ3n) is 4.52. The van der Waals surface area contributed by atoms with Gasteiger partial charge in [-0.3, -0.25) is 4.90 Å². The summed E-state index contributed by atoms with van der Waals surface area (Å²) in [7, 11) is 0. The Morgan fingerprint density at radius 2 is 1.84 bits per heavy atom. The Morgan fingerprint density at radius 3 is 2.44 bits per heavy atom. The zero-order valence-corrected chi connectivity index (χ0v) is 14.4. The Balaban J connectivity index is 1.31. The summed E-state index contributed by atoms with van der Waals surface area (Å²) in [5.41, 5.74) is 0.166. The first-order valence-corrected chi connectivity index (χ1v) is 9.19. The summed E-state index contributed by atoms with van der Waals surface area (Å²) in [5.74, 6) is 1.19. The average Bonchev–Trinajstić information content (AvgIpc) is 3.35. The smallest absolute Gasteiger partial charge is 0.353 e. The standard InChI is InChI=1S/C16H18F3N5S/c17-16(18,19)13-3-4-14(22-21-13)24-7-5-23(6-8-24)9-12-10-25-15(20-12)11-1-2-11/h3-4,10-11H,1-2,5-9H2. The lowest BCUT2D eigenvalue weighted by atomic mass is 10.3. The van der Waals surface area contributed by atoms with Gasteiger partial charge in [0.05, 0.1) is 10.7 Å². The number of aromatic nitrogens is 3. The number of anilines is 1. The van der Waals surface area contributed by atoms with Gasteiger partial charge in [-0.15, -0.1) is 21.5 Å². The molecule has 2 aliphatic rings. The fourth-order valence-corrected chi connectivity index (χ4v) is 3.90. The minimum Gasteiger partial charge on any atom is -0.353 e. The Morgan fingerprint density at radius 1 is 1.08 bits per heavy atom. The molecule has 5 nitrogen and oxygen atoms in total. The van der Waals surface area contributed by atoms with Crippen molar-refractivity contribution in [2.75, 3.05) is 31.1 Å². The second kappa shape index (κ2) is 6.53. The first kappa shape index (κ1) is 16.7. The molecule has 0 bridgehead atoms. The molecule has 134 valence electrons. The van der Waals surface area contributed by atoms with Crippen molar-refractivity contribution >= 4 is 17.2 Å². The lowest BCUT2D eigenvalue weighted by Gasteiger charge is -2.34. The largest absolute Gasteiger partial charge is 0.435 e. The van der Waals surface area contributed by atoms with Crippen molar-refractivity contribution in [1.82, 2.24) is 20.1 Å². The van der Waals surface area contributed by atoms with Crippen molar-refractivity contribution in [3.63, 3.8) is 0 Å². The van der Waals surface area contributed by atoms with Crippen LogP contribution < -0.4 is 4.90 Å². The molecule has 0 unspecified atom stereocenters. The van der Waals surface area contributed by atoms with E-state index in [1.165, 1.54) is 23.9 Å². The molecule has 2 fully saturated rings. The monoisotopic (exact) mass is 369 g/mol. The molecule has 0 radical (unpaired) electrons. The van der Waals surface area contributed by atoms with Gasteiger partial charge >= 0.3 is 6.18 Å². The molecule has 2 aromatic rings. The summed E-state index contributed by atoms with van der Waals surface area (Å²) < 4.78 is 37.6. The molecule has 1 saturated carbocycles. The lowest BCUT2D eigenvalue weighted by Crippen LogP contribution is -2.46. The Bertz CT molecular complexity index is 718. The molecule has 0 N–H and O–H groups in total. The summed E-state index contributed by atoms with van der Waals surface area (Å²) in [5, 5.41) is 10.4. The number of alkyl halides is 3. The van der Waals surface area contributed by atoms with Gasteiger partial charge in [0.15, 0.2) is 11.5 Å². The van der Waals surface area contributed by atoms with Crippen LogP contribution in [-0.2, 0) is 12.7 Å². The van der Waals surface area contributed by atoms with Crippen molar-refractivity contribution in [3.8, 4) is 0 Å². The molecule has 3 heterocycles. The maximum atomic E-state index is 12.5. The van der Waals surface area contributed by atoms with Gasteiger partial charge in [0.2, 0.25) is 0 Å². The predicted molar refractivity (Wildman–Crippen MR) is 88.6 cm³/mol. The SMILES string of the molecule is FC(F)(F)c1ccc(N2CCN(Cc3csc(C4CC4)n3)CC2)nn1. The molecule has 0 aromatic carbocycles. The van der Waals surface area contributed by atoms with Crippen LogP contribution in [0.4, 0.5) is 19.0 Å². The topological polar surface area (TPSA) is 45.2 Å². The average molecular weight is 369 g/mol. The van der Waals surface area contributed by atoms with Crippen molar-refractivity contribution in [2.24, 2.45) is 0 Å². The predicted octanol–water partition coefficient (Wildman–Crippen LogP) is 3.15. The zero-order chi connectivity index (χ0) is 17.4. The van der Waals surface area contributed by atoms with Gasteiger partial charge in [-0.2, -0.15) is 13.2 Å². The van der Waals surface area contributed by atoms with Crippen LogP contribution in [0.1, 0.15) is 35.2 Å². The van der Waals surface area contributed by atoms with Crippen LogP contribution in [-0.4, -0.2) is 46.3 Å². The van der Waals surface area contributed by atoms with Gasteiger partial charge in [-0.25, -0.2) is 4.98 Å². The van der Waals surface area contributed by atoms with Crippen LogP contribution in [0.2, 0.25) is 0 Å². The highest BCUT2D eigenvalue weighted by molar-refractivity contribution is 7.09. The molecular weight excluding hydrogens is 351 g/mol. The van der Waals surface area contributed by atoms with Gasteiger partial charge in [-0.05, 0) is 25.0 Å². The second-order valence-corrected chi connectivity index (χ2v) is 7.38. The van der Waals surface area contributed by atoms with E-state index in [1.807, 2.05) is 4.90 Å². The second-order valence-electron chi connectivity index (χ2n) is 6.49. The lowest BCUT2D eigenvalue weighted by molar-refractivity contribution is -0.141. The van der Waals surface area contributed by atoms with E-state index in [4.69, 9.17) is 4.98 Å². The molecule has 0 spiro atoms. The van der Waals surface area contributed by atoms with Crippen LogP contribution in [0.3, 0.4) is 0 Å². The highest BCUT2D eigenvalue weighted by Gasteiger charge is 2.33. The fourth-order valence-electron chi connectivity index (χ4n) is 2.92. The Hall–Kier alpha value is -1.74. The van der Waals surface area contributed by atoms with E-state index >= 15 is 0 Å². The van der Waals surface area contributed by atoms with E-state index in [1.54, 1.807) is 11.3 Å². The highest BCUT2D eigenvalue weighted by atomic mass is 32.1. The van der Waals surface area contributed by atoms with E-state index in [0.29, 0.717) is 11.7 Å². The van der Waals surface area contributed by atoms with E-state index in [-0.39, 0.29) is 0 Å². The third kappa shape index (κ3) is 3.92. The molecule has 9 heteroatoms. The molecule has 1 aliphatic carbocycles. The minimum atomic E-state index is -4.45. The maximum Gasteiger partial charge on any atom is 0.435 e. The Kier molecular flexibility index (Phi) is 4.36. The number of hydrogen-bond acceptors (Lipinski definition) is 6. The van der Waals surface area contributed by atoms with E-state index in [9.17, 15) is 13.2 Å². The first-order valence-electron chi connectivity index (χ1n) is 8.31. The van der Waals surface area contributed by atoms with Crippen molar-refractivity contribution in [1.29, 1.82) is 0 Å². The normalized spacial score (nSPS) is 19.4. The number of rotatable bonds is 4. The van der Waals surface area contributed by atoms with E-state index in [0.717, 1.165) is 44.5 Å². The van der Waals surface area contributed by atoms with Crippen LogP contribution in [0.25, 0.3) is 0 Å². The highest BCUT2D eigenvalue weighted by Crippen LogP contribution is 2.41. The first-order chi connectivity index (χ1) is 12.0. The van der Waals surface area contributed by atoms with Gasteiger partial charge in [-0.1, -0.05) is 0 Å². The van der Waals surface area contributed by atoms with Crippen molar-refractivity contribution < 1.29 is 13.2 Å². The molecule has 4 rings (SSSR count). The Labute approximate surface area is 147 Å². The van der Waals surface area contributed by atoms with Crippen LogP contribution in [0.5, 0.6) is 0 Å². The van der Waals surface area contributed by atoms with Gasteiger partial charge in [0, 0.05) is 44.0 Å². The van der Waals surface area contributed by atoms with E-state index in [2.05, 4.69) is 20.5 Å². The van der Waals surface area contributed by atoms with Crippen LogP contribution in [0.15, 0.2) is 17.5 Å². The molecule has 25 heavy (non-hydrogen) atoms. The molecule has 0 atom stereocenters. The number of thiazole rings is 1. The van der Waals surface area contributed by atoms with Crippen LogP contribution >= 0.6 is 11.3 Å². The summed E-state index contributed by atoms with van der Waals surface area (Å²) in [4.78, 5) is 9.00. The number of halogens is 3.